The molecule has 0 bridgehead atoms. The van der Waals surface area contributed by atoms with Crippen LogP contribution in [0.1, 0.15) is 132 Å². The topological polar surface area (TPSA) is 587 Å². The molecule has 6 saturated heterocycles. The summed E-state index contributed by atoms with van der Waals surface area (Å²) in [5.41, 5.74) is 0. The molecular formula is C75H103NO47. The van der Waals surface area contributed by atoms with Gasteiger partial charge in [-0.1, -0.05) is 6.08 Å². The van der Waals surface area contributed by atoms with Crippen LogP contribution in [0.3, 0.4) is 0 Å². The predicted octanol–water partition coefficient (Wildman–Crippen LogP) is -2.02. The van der Waals surface area contributed by atoms with Gasteiger partial charge in [-0.05, 0) is 6.92 Å². The first-order valence-electron chi connectivity index (χ1n) is 38.1. The second-order valence-corrected chi connectivity index (χ2v) is 28.2. The molecule has 6 heterocycles. The molecule has 6 aliphatic rings. The largest absolute Gasteiger partial charge is 0.463 e. The van der Waals surface area contributed by atoms with Gasteiger partial charge in [-0.25, -0.2) is 0 Å². The Morgan fingerprint density at radius 2 is 0.463 bits per heavy atom. The summed E-state index contributed by atoms with van der Waals surface area (Å²) >= 11 is 0. The molecule has 123 heavy (non-hydrogen) atoms. The summed E-state index contributed by atoms with van der Waals surface area (Å²) in [4.78, 5) is 239. The smallest absolute Gasteiger partial charge is 0.303 e. The van der Waals surface area contributed by atoms with E-state index in [0.29, 0.717) is 0 Å². The van der Waals surface area contributed by atoms with Crippen LogP contribution in [0.2, 0.25) is 0 Å². The van der Waals surface area contributed by atoms with Crippen LogP contribution < -0.4 is 5.32 Å². The van der Waals surface area contributed by atoms with Crippen molar-refractivity contribution in [3.63, 3.8) is 0 Å². The van der Waals surface area contributed by atoms with Crippen molar-refractivity contribution in [1.82, 2.24) is 5.32 Å². The maximum Gasteiger partial charge on any atom is 0.303 e. The average molecular weight is 1770 g/mol. The molecule has 0 aromatic heterocycles. The highest BCUT2D eigenvalue weighted by molar-refractivity contribution is 5.74. The van der Waals surface area contributed by atoms with E-state index in [2.05, 4.69) is 11.9 Å². The van der Waals surface area contributed by atoms with Crippen molar-refractivity contribution in [2.24, 2.45) is 0 Å². The maximum atomic E-state index is 14.2. The molecule has 12 unspecified atom stereocenters. The number of hydrogen-bond donors (Lipinski definition) is 1. The van der Waals surface area contributed by atoms with Crippen molar-refractivity contribution in [3.05, 3.63) is 12.7 Å². The Kier molecular flexibility index (Phi) is 38.8. The molecule has 0 aliphatic carbocycles. The summed E-state index contributed by atoms with van der Waals surface area (Å²) in [6, 6.07) is -2.20. The first-order valence-corrected chi connectivity index (χ1v) is 38.1. The van der Waals surface area contributed by atoms with E-state index in [1.54, 1.807) is 0 Å². The number of carbonyl (C=O) groups excluding carboxylic acids is 18. The molecule has 0 spiro atoms. The van der Waals surface area contributed by atoms with Crippen LogP contribution in [0.15, 0.2) is 12.7 Å². The summed E-state index contributed by atoms with van der Waals surface area (Å²) < 4.78 is 175. The lowest BCUT2D eigenvalue weighted by atomic mass is 9.93. The molecule has 0 aromatic carbocycles. The number of hydrogen-bond acceptors (Lipinski definition) is 47. The molecular weight excluding hydrogens is 1670 g/mol. The lowest BCUT2D eigenvalue weighted by Crippen LogP contribution is -2.72. The van der Waals surface area contributed by atoms with Crippen molar-refractivity contribution in [3.8, 4) is 0 Å². The van der Waals surface area contributed by atoms with Gasteiger partial charge in [0.1, 0.15) is 94.0 Å². The van der Waals surface area contributed by atoms with Crippen molar-refractivity contribution in [2.45, 2.75) is 316 Å². The number of ether oxygens (including phenoxy) is 29. The monoisotopic (exact) mass is 1770 g/mol. The fourth-order valence-electron chi connectivity index (χ4n) is 13.8. The first kappa shape index (κ1) is 102. The van der Waals surface area contributed by atoms with Crippen molar-refractivity contribution >= 4 is 107 Å². The third-order valence-electron chi connectivity index (χ3n) is 17.8. The standard InChI is InChI=1S/C75H103NO47/c1-21-22-95-71-65(110-43(17)91)62(108-41(15)89)57(50(115-71)26-99-33(7)81)119-73-67(112-45(19)93)63(109-42(16)90)58(51(118-73)27-100-34(8)82)120-74-68(113-46(20)94)64(56(105-38(12)86)49(116-74)25-98-32(6)80)122-70-52(76-29(3)77)59(54(103-36(10)84)47(114-70)23-96-30(4)78)121-75-69(61(107-40(14)88)55(104-37(11)85)48(117-75)24-97-31(5)79)123-72-66(111-44(18)92)60(106-39(13)87)53(28(2)101-72)102-35(9)83/h21,28,47-75H,1,22-27H2,2-20H3,(H,76,77)/t28?,47?,48?,49?,50?,51?,52?,53-,54-,55-,56-,57-,58-,59+,60?,61-,62-,63-,64-,65?,66-,67?,68?,69?,70-,71+,72-,73-,74-,75-/m0/s1. The van der Waals surface area contributed by atoms with E-state index in [1.165, 1.54) is 13.0 Å². The molecule has 48 nitrogen and oxygen atoms in total. The van der Waals surface area contributed by atoms with Gasteiger partial charge in [0.2, 0.25) is 5.91 Å². The zero-order valence-electron chi connectivity index (χ0n) is 70.5. The number of nitrogens with one attached hydrogen (secondary N) is 1. The van der Waals surface area contributed by atoms with E-state index < -0.39 is 325 Å². The van der Waals surface area contributed by atoms with Crippen LogP contribution in [0, 0.1) is 0 Å². The molecule has 6 rings (SSSR count). The molecule has 6 fully saturated rings. The van der Waals surface area contributed by atoms with Crippen molar-refractivity contribution in [1.29, 1.82) is 0 Å². The van der Waals surface area contributed by atoms with E-state index in [0.717, 1.165) is 125 Å². The van der Waals surface area contributed by atoms with Crippen LogP contribution >= 0.6 is 0 Å². The van der Waals surface area contributed by atoms with Gasteiger partial charge in [0.15, 0.2) is 117 Å². The normalized spacial score (nSPS) is 33.3. The highest BCUT2D eigenvalue weighted by Crippen LogP contribution is 2.43. The lowest BCUT2D eigenvalue weighted by Gasteiger charge is -2.52. The van der Waals surface area contributed by atoms with Gasteiger partial charge in [-0.15, -0.1) is 6.58 Å². The second-order valence-electron chi connectivity index (χ2n) is 28.2. The highest BCUT2D eigenvalue weighted by atomic mass is 16.8. The lowest BCUT2D eigenvalue weighted by molar-refractivity contribution is -0.393. The van der Waals surface area contributed by atoms with E-state index in [1.807, 2.05) is 0 Å². The van der Waals surface area contributed by atoms with Crippen LogP contribution in [0.4, 0.5) is 0 Å². The van der Waals surface area contributed by atoms with Crippen LogP contribution in [0.25, 0.3) is 0 Å². The Hall–Kier alpha value is -10.3. The number of carbonyl (C=O) groups is 18. The number of amides is 1. The number of rotatable bonds is 36. The van der Waals surface area contributed by atoms with E-state index >= 15 is 0 Å². The molecule has 0 radical (unpaired) electrons. The van der Waals surface area contributed by atoms with Gasteiger partial charge in [-0.2, -0.15) is 0 Å². The minimum Gasteiger partial charge on any atom is -0.463 e. The molecule has 690 valence electrons. The molecule has 0 aromatic rings. The Bertz CT molecular complexity index is 3790. The van der Waals surface area contributed by atoms with Crippen molar-refractivity contribution in [2.75, 3.05) is 39.6 Å². The van der Waals surface area contributed by atoms with Gasteiger partial charge in [0.05, 0.1) is 12.7 Å². The zero-order valence-corrected chi connectivity index (χ0v) is 70.5. The number of esters is 17. The fourth-order valence-corrected chi connectivity index (χ4v) is 13.8. The fraction of sp³-hybridized carbons (Fsp3) is 0.733. The second kappa shape index (κ2) is 47.0. The average Bonchev–Trinajstić information content (AvgIpc) is 0.756. The van der Waals surface area contributed by atoms with Crippen LogP contribution in [-0.2, 0) is 224 Å². The summed E-state index contributed by atoms with van der Waals surface area (Å²) in [6.07, 6.45) is -58.6. The quantitative estimate of drug-likeness (QED) is 0.0402. The Labute approximate surface area is 702 Å². The molecule has 6 aliphatic heterocycles. The summed E-state index contributed by atoms with van der Waals surface area (Å²) in [5, 5.41) is 2.55. The van der Waals surface area contributed by atoms with Gasteiger partial charge in [0.25, 0.3) is 0 Å². The predicted molar refractivity (Wildman–Crippen MR) is 386 cm³/mol. The van der Waals surface area contributed by atoms with E-state index in [4.69, 9.17) is 137 Å². The van der Waals surface area contributed by atoms with E-state index in [-0.39, 0.29) is 6.61 Å². The zero-order chi connectivity index (χ0) is 91.9. The van der Waals surface area contributed by atoms with Crippen LogP contribution in [-0.4, -0.2) is 331 Å². The highest BCUT2D eigenvalue weighted by Gasteiger charge is 2.64. The van der Waals surface area contributed by atoms with Gasteiger partial charge in [0, 0.05) is 125 Å². The SMILES string of the molecule is C=CCO[C@@H]1OC(COC(C)=O)[C@H](O[C@@H]2OC(COC(C)=O)[C@H](O[C@@H]3OC(COC(C)=O)[C@H](OC(C)=O)[C@H](O[C@@H]4OC(COC(C)=O)[C@H](OC(C)=O)[C@H](O[C@@H]5OC(COC(C)=O)[C@H](OC(C)=O)[C@H](OC(C)=O)C5O[C@@H]5OC(C)[C@H](OC(C)=O)C(OC(C)=O)[C@@H]5OC(C)=O)C4NC(C)=O)C3OC(C)=O)[C@H](OC(C)=O)C2OC(C)=O)[C@H](OC(C)=O)C1OC(C)=O. The molecule has 30 atom stereocenters. The minimum atomic E-state index is -2.45. The van der Waals surface area contributed by atoms with Crippen molar-refractivity contribution < 1.29 is 224 Å². The van der Waals surface area contributed by atoms with Gasteiger partial charge < -0.3 is 143 Å². The van der Waals surface area contributed by atoms with Gasteiger partial charge in [-0.3, -0.25) is 86.3 Å². The van der Waals surface area contributed by atoms with E-state index in [9.17, 15) is 86.3 Å². The van der Waals surface area contributed by atoms with Gasteiger partial charge >= 0.3 is 101 Å². The summed E-state index contributed by atoms with van der Waals surface area (Å²) in [6.45, 7) is 16.2. The minimum absolute atomic E-state index is 0.304. The molecule has 1 N–H and O–H groups in total. The first-order chi connectivity index (χ1) is 57.7. The third-order valence-corrected chi connectivity index (χ3v) is 17.8. The Balaban J connectivity index is 1.66. The molecule has 0 saturated carbocycles. The maximum absolute atomic E-state index is 14.2. The molecule has 1 amide bonds. The Morgan fingerprint density at radius 3 is 0.789 bits per heavy atom. The van der Waals surface area contributed by atoms with Crippen LogP contribution in [0.5, 0.6) is 0 Å². The summed E-state index contributed by atoms with van der Waals surface area (Å²) in [7, 11) is 0. The third kappa shape index (κ3) is 30.3. The summed E-state index contributed by atoms with van der Waals surface area (Å²) in [5.74, 6) is -19.8. The Morgan fingerprint density at radius 1 is 0.244 bits per heavy atom. The molecule has 48 heteroatoms.